The Labute approximate surface area is 103 Å². The Morgan fingerprint density at radius 3 is 2.71 bits per heavy atom. The normalized spacial score (nSPS) is 12.6. The summed E-state index contributed by atoms with van der Waals surface area (Å²) in [6.07, 6.45) is 2.18. The molecule has 2 rings (SSSR count). The first kappa shape index (κ1) is 11.9. The van der Waals surface area contributed by atoms with E-state index in [-0.39, 0.29) is 0 Å². The number of hydrogen-bond donors (Lipinski definition) is 2. The van der Waals surface area contributed by atoms with Gasteiger partial charge in [-0.05, 0) is 31.2 Å². The Morgan fingerprint density at radius 2 is 1.88 bits per heavy atom. The predicted octanol–water partition coefficient (Wildman–Crippen LogP) is 3.38. The maximum Gasteiger partial charge on any atom is 0.0419 e. The standard InChI is InChI=1S/C15H20N2/c1-12(16)6-5-11-17-15-10-4-8-13-7-2-3-9-14(13)15/h2-4,7-10,12,17H,5-6,11,16H2,1H3. The molecule has 2 aromatic rings. The molecular weight excluding hydrogens is 208 g/mol. The topological polar surface area (TPSA) is 38.0 Å². The van der Waals surface area contributed by atoms with E-state index in [1.807, 2.05) is 0 Å². The fourth-order valence-corrected chi connectivity index (χ4v) is 2.03. The van der Waals surface area contributed by atoms with Gasteiger partial charge in [0.05, 0.1) is 0 Å². The monoisotopic (exact) mass is 228 g/mol. The van der Waals surface area contributed by atoms with Crippen LogP contribution in [-0.4, -0.2) is 12.6 Å². The summed E-state index contributed by atoms with van der Waals surface area (Å²) in [5.74, 6) is 0. The lowest BCUT2D eigenvalue weighted by Crippen LogP contribution is -2.16. The molecule has 2 nitrogen and oxygen atoms in total. The van der Waals surface area contributed by atoms with E-state index in [0.717, 1.165) is 19.4 Å². The second-order valence-corrected chi connectivity index (χ2v) is 4.57. The van der Waals surface area contributed by atoms with Crippen molar-refractivity contribution in [2.75, 3.05) is 11.9 Å². The third-order valence-corrected chi connectivity index (χ3v) is 2.94. The summed E-state index contributed by atoms with van der Waals surface area (Å²) < 4.78 is 0. The summed E-state index contributed by atoms with van der Waals surface area (Å²) in [7, 11) is 0. The van der Waals surface area contributed by atoms with Crippen molar-refractivity contribution in [3.8, 4) is 0 Å². The molecule has 0 saturated carbocycles. The Balaban J connectivity index is 2.03. The molecule has 0 aliphatic heterocycles. The van der Waals surface area contributed by atoms with Crippen molar-refractivity contribution in [3.63, 3.8) is 0 Å². The highest BCUT2D eigenvalue weighted by Crippen LogP contribution is 2.22. The number of nitrogens with two attached hydrogens (primary N) is 1. The molecule has 0 aliphatic carbocycles. The number of hydrogen-bond acceptors (Lipinski definition) is 2. The van der Waals surface area contributed by atoms with Crippen LogP contribution in [0.4, 0.5) is 5.69 Å². The van der Waals surface area contributed by atoms with Gasteiger partial charge in [0.1, 0.15) is 0 Å². The number of fused-ring (bicyclic) bond motifs is 1. The lowest BCUT2D eigenvalue weighted by molar-refractivity contribution is 0.639. The minimum Gasteiger partial charge on any atom is -0.385 e. The molecule has 2 aromatic carbocycles. The summed E-state index contributed by atoms with van der Waals surface area (Å²) in [5.41, 5.74) is 6.95. The average Bonchev–Trinajstić information content (AvgIpc) is 2.34. The van der Waals surface area contributed by atoms with Gasteiger partial charge >= 0.3 is 0 Å². The van der Waals surface area contributed by atoms with Gasteiger partial charge in [-0.25, -0.2) is 0 Å². The first-order valence-electron chi connectivity index (χ1n) is 6.24. The zero-order valence-electron chi connectivity index (χ0n) is 10.3. The predicted molar refractivity (Wildman–Crippen MR) is 75.3 cm³/mol. The van der Waals surface area contributed by atoms with Crippen LogP contribution in [0, 0.1) is 0 Å². The van der Waals surface area contributed by atoms with E-state index in [1.165, 1.54) is 16.5 Å². The quantitative estimate of drug-likeness (QED) is 0.770. The number of benzene rings is 2. The van der Waals surface area contributed by atoms with Crippen LogP contribution in [0.15, 0.2) is 42.5 Å². The average molecular weight is 228 g/mol. The summed E-state index contributed by atoms with van der Waals surface area (Å²) >= 11 is 0. The van der Waals surface area contributed by atoms with E-state index in [0.29, 0.717) is 6.04 Å². The Morgan fingerprint density at radius 1 is 1.12 bits per heavy atom. The highest BCUT2D eigenvalue weighted by Gasteiger charge is 1.99. The van der Waals surface area contributed by atoms with Gasteiger partial charge in [-0.3, -0.25) is 0 Å². The number of anilines is 1. The SMILES string of the molecule is CC(N)CCCNc1cccc2ccccc12. The number of nitrogens with one attached hydrogen (secondary N) is 1. The van der Waals surface area contributed by atoms with Crippen LogP contribution in [0.1, 0.15) is 19.8 Å². The molecular formula is C15H20N2. The molecule has 0 saturated heterocycles. The maximum absolute atomic E-state index is 5.73. The van der Waals surface area contributed by atoms with Crippen molar-refractivity contribution < 1.29 is 0 Å². The van der Waals surface area contributed by atoms with E-state index < -0.39 is 0 Å². The van der Waals surface area contributed by atoms with Gasteiger partial charge in [-0.1, -0.05) is 36.4 Å². The van der Waals surface area contributed by atoms with Crippen molar-refractivity contribution in [1.29, 1.82) is 0 Å². The van der Waals surface area contributed by atoms with Crippen molar-refractivity contribution in [2.45, 2.75) is 25.8 Å². The first-order chi connectivity index (χ1) is 8.27. The van der Waals surface area contributed by atoms with E-state index in [1.54, 1.807) is 0 Å². The molecule has 0 heterocycles. The zero-order valence-corrected chi connectivity index (χ0v) is 10.3. The molecule has 17 heavy (non-hydrogen) atoms. The van der Waals surface area contributed by atoms with Gasteiger partial charge in [-0.2, -0.15) is 0 Å². The molecule has 90 valence electrons. The van der Waals surface area contributed by atoms with Gasteiger partial charge in [0.2, 0.25) is 0 Å². The first-order valence-corrected chi connectivity index (χ1v) is 6.24. The summed E-state index contributed by atoms with van der Waals surface area (Å²) in [4.78, 5) is 0. The van der Waals surface area contributed by atoms with Crippen molar-refractivity contribution in [2.24, 2.45) is 5.73 Å². The van der Waals surface area contributed by atoms with Crippen molar-refractivity contribution in [3.05, 3.63) is 42.5 Å². The Hall–Kier alpha value is -1.54. The van der Waals surface area contributed by atoms with Gasteiger partial charge in [-0.15, -0.1) is 0 Å². The second kappa shape index (κ2) is 5.69. The highest BCUT2D eigenvalue weighted by atomic mass is 14.9. The van der Waals surface area contributed by atoms with Crippen LogP contribution in [0.25, 0.3) is 10.8 Å². The zero-order chi connectivity index (χ0) is 12.1. The lowest BCUT2D eigenvalue weighted by Gasteiger charge is -2.10. The third-order valence-electron chi connectivity index (χ3n) is 2.94. The van der Waals surface area contributed by atoms with E-state index in [4.69, 9.17) is 5.73 Å². The molecule has 0 amide bonds. The molecule has 0 fully saturated rings. The highest BCUT2D eigenvalue weighted by molar-refractivity contribution is 5.93. The molecule has 3 N–H and O–H groups in total. The van der Waals surface area contributed by atoms with Gasteiger partial charge in [0, 0.05) is 23.7 Å². The van der Waals surface area contributed by atoms with Crippen molar-refractivity contribution in [1.82, 2.24) is 0 Å². The fraction of sp³-hybridized carbons (Fsp3) is 0.333. The smallest absolute Gasteiger partial charge is 0.0419 e. The van der Waals surface area contributed by atoms with Gasteiger partial charge in [0.25, 0.3) is 0 Å². The van der Waals surface area contributed by atoms with E-state index in [9.17, 15) is 0 Å². The summed E-state index contributed by atoms with van der Waals surface area (Å²) in [5, 5.41) is 6.06. The van der Waals surface area contributed by atoms with E-state index in [2.05, 4.69) is 54.7 Å². The van der Waals surface area contributed by atoms with Crippen LogP contribution >= 0.6 is 0 Å². The van der Waals surface area contributed by atoms with Gasteiger partial charge < -0.3 is 11.1 Å². The third kappa shape index (κ3) is 3.21. The lowest BCUT2D eigenvalue weighted by atomic mass is 10.1. The van der Waals surface area contributed by atoms with Crippen LogP contribution in [0.5, 0.6) is 0 Å². The van der Waals surface area contributed by atoms with Crippen LogP contribution in [0.2, 0.25) is 0 Å². The second-order valence-electron chi connectivity index (χ2n) is 4.57. The minimum atomic E-state index is 0.296. The Bertz CT molecular complexity index is 472. The van der Waals surface area contributed by atoms with Crippen LogP contribution in [-0.2, 0) is 0 Å². The van der Waals surface area contributed by atoms with Crippen LogP contribution < -0.4 is 11.1 Å². The molecule has 0 spiro atoms. The molecule has 2 heteroatoms. The summed E-state index contributed by atoms with van der Waals surface area (Å²) in [6.45, 7) is 3.04. The molecule has 0 aliphatic rings. The molecule has 1 atom stereocenters. The minimum absolute atomic E-state index is 0.296. The molecule has 0 radical (unpaired) electrons. The Kier molecular flexibility index (Phi) is 3.99. The fourth-order valence-electron chi connectivity index (χ4n) is 2.03. The van der Waals surface area contributed by atoms with Crippen molar-refractivity contribution >= 4 is 16.5 Å². The molecule has 1 unspecified atom stereocenters. The van der Waals surface area contributed by atoms with Crippen LogP contribution in [0.3, 0.4) is 0 Å². The molecule has 0 bridgehead atoms. The number of rotatable bonds is 5. The molecule has 0 aromatic heterocycles. The summed E-state index contributed by atoms with van der Waals surface area (Å²) in [6, 6.07) is 15.1. The largest absolute Gasteiger partial charge is 0.385 e. The maximum atomic E-state index is 5.73. The van der Waals surface area contributed by atoms with Gasteiger partial charge in [0.15, 0.2) is 0 Å². The van der Waals surface area contributed by atoms with E-state index >= 15 is 0 Å².